The van der Waals surface area contributed by atoms with Crippen molar-refractivity contribution in [1.82, 2.24) is 40.4 Å². The van der Waals surface area contributed by atoms with Gasteiger partial charge in [0.2, 0.25) is 11.8 Å². The average Bonchev–Trinajstić information content (AvgIpc) is 4.01. The Morgan fingerprint density at radius 3 is 2.29 bits per heavy atom. The second-order valence-electron chi connectivity index (χ2n) is 15.3. The number of rotatable bonds is 10. The van der Waals surface area contributed by atoms with Crippen molar-refractivity contribution < 1.29 is 28.7 Å². The number of benzene rings is 2. The van der Waals surface area contributed by atoms with E-state index < -0.39 is 29.8 Å². The van der Waals surface area contributed by atoms with Crippen LogP contribution in [0.25, 0.3) is 22.3 Å². The fraction of sp³-hybridized carbons (Fsp3) is 0.476. The summed E-state index contributed by atoms with van der Waals surface area (Å²) in [4.78, 5) is 71.7. The maximum absolute atomic E-state index is 13.8. The Morgan fingerprint density at radius 1 is 0.911 bits per heavy atom. The molecule has 2 fully saturated rings. The van der Waals surface area contributed by atoms with E-state index in [1.54, 1.807) is 11.8 Å². The Morgan fingerprint density at radius 2 is 1.59 bits per heavy atom. The van der Waals surface area contributed by atoms with Gasteiger partial charge in [0.25, 0.3) is 0 Å². The zero-order chi connectivity index (χ0) is 40.1. The van der Waals surface area contributed by atoms with Gasteiger partial charge in [0, 0.05) is 36.0 Å². The molecule has 0 radical (unpaired) electrons. The number of nitrogens with zero attached hydrogens (tertiary/aromatic N) is 4. The molecule has 4 aromatic rings. The normalized spacial score (nSPS) is 19.1. The maximum atomic E-state index is 13.8. The van der Waals surface area contributed by atoms with Gasteiger partial charge in [-0.05, 0) is 81.7 Å². The predicted octanol–water partition coefficient (Wildman–Crippen LogP) is 6.01. The number of imidazole rings is 2. The summed E-state index contributed by atoms with van der Waals surface area (Å²) >= 11 is 0. The van der Waals surface area contributed by atoms with E-state index in [1.807, 2.05) is 88.2 Å². The molecule has 0 spiro atoms. The van der Waals surface area contributed by atoms with E-state index in [4.69, 9.17) is 19.4 Å². The number of H-pyrrole nitrogens is 2. The van der Waals surface area contributed by atoms with Gasteiger partial charge in [0.1, 0.15) is 23.7 Å². The smallest absolute Gasteiger partial charge is 0.407 e. The van der Waals surface area contributed by atoms with Crippen LogP contribution in [0.3, 0.4) is 0 Å². The van der Waals surface area contributed by atoms with Gasteiger partial charge in [-0.25, -0.2) is 19.6 Å². The number of ether oxygens (including phenoxy) is 2. The lowest BCUT2D eigenvalue weighted by Crippen LogP contribution is -2.55. The maximum Gasteiger partial charge on any atom is 0.407 e. The van der Waals surface area contributed by atoms with Crippen molar-refractivity contribution in [2.75, 3.05) is 26.8 Å². The van der Waals surface area contributed by atoms with Crippen molar-refractivity contribution >= 4 is 35.0 Å². The van der Waals surface area contributed by atoms with Gasteiger partial charge < -0.3 is 39.9 Å². The molecule has 6 rings (SSSR count). The zero-order valence-corrected chi connectivity index (χ0v) is 33.2. The van der Waals surface area contributed by atoms with E-state index in [2.05, 4.69) is 32.4 Å². The van der Waals surface area contributed by atoms with E-state index in [0.29, 0.717) is 24.7 Å². The Bertz CT molecular complexity index is 2130. The molecule has 2 aromatic carbocycles. The van der Waals surface area contributed by atoms with Crippen LogP contribution in [0, 0.1) is 23.7 Å². The minimum absolute atomic E-state index is 0.111. The SMILES string of the molecule is CCOC(=O)N[C@H](C(=O)N1CCCC1(C)c1nc2cc(C#Cc3ccc(-c4c[nH]c([C@@H]5CCCN5C(=O)[C@@H](NC(=O)OC)C(C)C)n4)cc3)ccc2[nH]1)C(C)C. The number of carbonyl (C=O) groups is 4. The molecule has 4 heterocycles. The number of aromatic amines is 2. The molecule has 56 heavy (non-hydrogen) atoms. The standard InChI is InChI=1S/C42H52N8O6/c1-8-56-41(54)48-35(26(4)5)38(52)50-22-10-20-42(50,6)39-45-30-19-16-28(23-31(30)46-39)13-12-27-14-17-29(18-15-27)32-24-43-36(44-32)33-11-9-21-49(33)37(51)34(25(2)3)47-40(53)55-7/h14-19,23-26,33-35H,8-11,20-22H2,1-7H3,(H,43,44)(H,45,46)(H,47,53)(H,48,54)/t33-,34-,35-,42?/m0/s1. The highest BCUT2D eigenvalue weighted by atomic mass is 16.5. The topological polar surface area (TPSA) is 175 Å². The summed E-state index contributed by atoms with van der Waals surface area (Å²) in [6.07, 6.45) is 3.78. The third-order valence-electron chi connectivity index (χ3n) is 10.8. The molecule has 0 aliphatic carbocycles. The van der Waals surface area contributed by atoms with Gasteiger partial charge in [-0.3, -0.25) is 9.59 Å². The summed E-state index contributed by atoms with van der Waals surface area (Å²) in [5, 5.41) is 5.44. The van der Waals surface area contributed by atoms with Crippen LogP contribution in [0.15, 0.2) is 48.7 Å². The Kier molecular flexibility index (Phi) is 12.0. The van der Waals surface area contributed by atoms with Crippen LogP contribution in [0.2, 0.25) is 0 Å². The van der Waals surface area contributed by atoms with Crippen molar-refractivity contribution in [3.05, 3.63) is 71.4 Å². The van der Waals surface area contributed by atoms with Gasteiger partial charge in [-0.1, -0.05) is 51.7 Å². The number of hydrogen-bond acceptors (Lipinski definition) is 8. The predicted molar refractivity (Wildman–Crippen MR) is 211 cm³/mol. The molecule has 4 N–H and O–H groups in total. The van der Waals surface area contributed by atoms with Crippen molar-refractivity contribution in [2.45, 2.75) is 90.9 Å². The van der Waals surface area contributed by atoms with Crippen LogP contribution in [0.4, 0.5) is 9.59 Å². The van der Waals surface area contributed by atoms with E-state index in [9.17, 15) is 19.2 Å². The molecule has 2 aliphatic heterocycles. The summed E-state index contributed by atoms with van der Waals surface area (Å²) < 4.78 is 9.81. The van der Waals surface area contributed by atoms with Crippen LogP contribution < -0.4 is 10.6 Å². The van der Waals surface area contributed by atoms with E-state index in [-0.39, 0.29) is 36.3 Å². The fourth-order valence-electron chi connectivity index (χ4n) is 7.60. The number of amides is 4. The molecule has 296 valence electrons. The number of nitrogens with one attached hydrogen (secondary N) is 4. The molecule has 4 atom stereocenters. The molecule has 14 nitrogen and oxygen atoms in total. The van der Waals surface area contributed by atoms with Crippen LogP contribution >= 0.6 is 0 Å². The number of aromatic nitrogens is 4. The minimum atomic E-state index is -0.717. The first-order chi connectivity index (χ1) is 26.8. The lowest BCUT2D eigenvalue weighted by atomic mass is 9.95. The summed E-state index contributed by atoms with van der Waals surface area (Å²) in [7, 11) is 1.28. The van der Waals surface area contributed by atoms with Gasteiger partial charge in [-0.15, -0.1) is 0 Å². The Labute approximate surface area is 327 Å². The first-order valence-corrected chi connectivity index (χ1v) is 19.4. The lowest BCUT2D eigenvalue weighted by Gasteiger charge is -2.37. The Balaban J connectivity index is 1.14. The second-order valence-corrected chi connectivity index (χ2v) is 15.3. The molecular weight excluding hydrogens is 713 g/mol. The van der Waals surface area contributed by atoms with E-state index in [0.717, 1.165) is 59.1 Å². The van der Waals surface area contributed by atoms with Crippen molar-refractivity contribution in [3.63, 3.8) is 0 Å². The van der Waals surface area contributed by atoms with Crippen LogP contribution in [0.5, 0.6) is 0 Å². The van der Waals surface area contributed by atoms with Gasteiger partial charge >= 0.3 is 12.2 Å². The molecule has 4 amide bonds. The molecule has 1 unspecified atom stereocenters. The lowest BCUT2D eigenvalue weighted by molar-refractivity contribution is -0.139. The molecule has 0 bridgehead atoms. The Hall–Kier alpha value is -5.84. The number of likely N-dealkylation sites (tertiary alicyclic amines) is 2. The molecule has 14 heteroatoms. The third-order valence-corrected chi connectivity index (χ3v) is 10.8. The van der Waals surface area contributed by atoms with E-state index in [1.165, 1.54) is 7.11 Å². The van der Waals surface area contributed by atoms with Crippen molar-refractivity contribution in [2.24, 2.45) is 11.8 Å². The van der Waals surface area contributed by atoms with Crippen molar-refractivity contribution in [3.8, 4) is 23.1 Å². The van der Waals surface area contributed by atoms with Gasteiger partial charge in [0.15, 0.2) is 0 Å². The third kappa shape index (κ3) is 8.36. The quantitative estimate of drug-likeness (QED) is 0.142. The van der Waals surface area contributed by atoms with Crippen molar-refractivity contribution in [1.29, 1.82) is 0 Å². The van der Waals surface area contributed by atoms with Gasteiger partial charge in [-0.2, -0.15) is 0 Å². The summed E-state index contributed by atoms with van der Waals surface area (Å²) in [6.45, 7) is 12.7. The second kappa shape index (κ2) is 16.9. The van der Waals surface area contributed by atoms with E-state index >= 15 is 0 Å². The average molecular weight is 765 g/mol. The number of fused-ring (bicyclic) bond motifs is 1. The number of methoxy groups -OCH3 is 1. The number of carbonyl (C=O) groups excluding carboxylic acids is 4. The summed E-state index contributed by atoms with van der Waals surface area (Å²) in [5.41, 5.74) is 4.24. The molecule has 2 saturated heterocycles. The summed E-state index contributed by atoms with van der Waals surface area (Å²) in [6, 6.07) is 12.1. The molecular formula is C42H52N8O6. The minimum Gasteiger partial charge on any atom is -0.453 e. The molecule has 2 aliphatic rings. The monoisotopic (exact) mass is 764 g/mol. The van der Waals surface area contributed by atoms with Gasteiger partial charge in [0.05, 0.1) is 42.0 Å². The first kappa shape index (κ1) is 39.8. The molecule has 0 saturated carbocycles. The summed E-state index contributed by atoms with van der Waals surface area (Å²) in [5.74, 6) is 7.37. The first-order valence-electron chi connectivity index (χ1n) is 19.4. The number of hydrogen-bond donors (Lipinski definition) is 4. The highest BCUT2D eigenvalue weighted by Gasteiger charge is 2.46. The van der Waals surface area contributed by atoms with Crippen LogP contribution in [-0.4, -0.2) is 92.6 Å². The highest BCUT2D eigenvalue weighted by molar-refractivity contribution is 5.87. The highest BCUT2D eigenvalue weighted by Crippen LogP contribution is 2.39. The largest absolute Gasteiger partial charge is 0.453 e. The fourth-order valence-corrected chi connectivity index (χ4v) is 7.60. The van der Waals surface area contributed by atoms with Crippen LogP contribution in [-0.2, 0) is 24.6 Å². The zero-order valence-electron chi connectivity index (χ0n) is 33.2. The number of alkyl carbamates (subject to hydrolysis) is 2. The molecule has 2 aromatic heterocycles. The van der Waals surface area contributed by atoms with Crippen LogP contribution in [0.1, 0.15) is 96.0 Å².